The van der Waals surface area contributed by atoms with Crippen molar-refractivity contribution in [3.8, 4) is 5.69 Å². The number of carbonyl (C=O) groups is 2. The lowest BCUT2D eigenvalue weighted by Crippen LogP contribution is -2.42. The van der Waals surface area contributed by atoms with Crippen LogP contribution < -0.4 is 11.1 Å². The van der Waals surface area contributed by atoms with Gasteiger partial charge in [0.2, 0.25) is 0 Å². The molecule has 0 saturated heterocycles. The smallest absolute Gasteiger partial charge is 0.311 e. The Morgan fingerprint density at radius 2 is 1.74 bits per heavy atom. The Morgan fingerprint density at radius 1 is 1.06 bits per heavy atom. The fraction of sp³-hybridized carbons (Fsp3) is 0.200. The molecule has 6 nitrogen and oxygen atoms in total. The van der Waals surface area contributed by atoms with E-state index in [2.05, 4.69) is 11.9 Å². The topological polar surface area (TPSA) is 86.4 Å². The quantitative estimate of drug-likeness (QED) is 0.549. The van der Waals surface area contributed by atoms with Gasteiger partial charge in [-0.15, -0.1) is 0 Å². The summed E-state index contributed by atoms with van der Waals surface area (Å²) in [5.41, 5.74) is 9.45. The van der Waals surface area contributed by atoms with E-state index in [-0.39, 0.29) is 11.9 Å². The Morgan fingerprint density at radius 3 is 2.35 bits per heavy atom. The van der Waals surface area contributed by atoms with Crippen molar-refractivity contribution in [2.45, 2.75) is 19.4 Å². The van der Waals surface area contributed by atoms with Crippen molar-refractivity contribution in [1.82, 2.24) is 9.88 Å². The van der Waals surface area contributed by atoms with Gasteiger partial charge in [0.05, 0.1) is 13.0 Å². The zero-order valence-electron chi connectivity index (χ0n) is 17.7. The summed E-state index contributed by atoms with van der Waals surface area (Å²) in [6, 6.07) is 18.3. The molecular weight excluding hydrogens is 390 g/mol. The van der Waals surface area contributed by atoms with Gasteiger partial charge in [0, 0.05) is 35.4 Å². The number of hydrogen-bond acceptors (Lipinski definition) is 4. The summed E-state index contributed by atoms with van der Waals surface area (Å²) in [5, 5.41) is 2.93. The Balaban J connectivity index is 1.72. The molecule has 3 aromatic rings. The summed E-state index contributed by atoms with van der Waals surface area (Å²) in [7, 11) is 1.35. The molecule has 1 aromatic heterocycles. The highest BCUT2D eigenvalue weighted by Gasteiger charge is 2.28. The first-order valence-corrected chi connectivity index (χ1v) is 10.0. The highest BCUT2D eigenvalue weighted by Crippen LogP contribution is 2.18. The van der Waals surface area contributed by atoms with Crippen molar-refractivity contribution in [3.05, 3.63) is 96.3 Å². The summed E-state index contributed by atoms with van der Waals surface area (Å²) in [5.74, 6) is -1.17. The molecule has 3 N–H and O–H groups in total. The fourth-order valence-electron chi connectivity index (χ4n) is 3.45. The third-order valence-corrected chi connectivity index (χ3v) is 5.25. The number of amides is 1. The molecule has 2 aromatic carbocycles. The normalized spacial score (nSPS) is 12.6. The lowest BCUT2D eigenvalue weighted by molar-refractivity contribution is -0.146. The van der Waals surface area contributed by atoms with Crippen LogP contribution in [0.15, 0.2) is 79.6 Å². The average Bonchev–Trinajstić information content (AvgIpc) is 3.32. The monoisotopic (exact) mass is 417 g/mol. The van der Waals surface area contributed by atoms with Crippen molar-refractivity contribution >= 4 is 17.6 Å². The van der Waals surface area contributed by atoms with Gasteiger partial charge in [-0.05, 0) is 66.9 Å². The van der Waals surface area contributed by atoms with Crippen LogP contribution in [-0.4, -0.2) is 29.6 Å². The third kappa shape index (κ3) is 5.42. The largest absolute Gasteiger partial charge is 0.469 e. The van der Waals surface area contributed by atoms with E-state index >= 15 is 0 Å². The first kappa shape index (κ1) is 21.9. The molecule has 31 heavy (non-hydrogen) atoms. The van der Waals surface area contributed by atoms with Crippen LogP contribution in [0.4, 0.5) is 0 Å². The van der Waals surface area contributed by atoms with Crippen LogP contribution in [-0.2, 0) is 16.0 Å². The molecule has 0 fully saturated rings. The summed E-state index contributed by atoms with van der Waals surface area (Å²) < 4.78 is 6.95. The zero-order chi connectivity index (χ0) is 22.4. The summed E-state index contributed by atoms with van der Waals surface area (Å²) >= 11 is 0. The maximum atomic E-state index is 12.8. The number of hydrogen-bond donors (Lipinski definition) is 2. The van der Waals surface area contributed by atoms with Crippen molar-refractivity contribution in [3.63, 3.8) is 0 Å². The molecule has 0 aliphatic heterocycles. The molecule has 160 valence electrons. The second-order valence-electron chi connectivity index (χ2n) is 7.46. The highest BCUT2D eigenvalue weighted by atomic mass is 16.5. The van der Waals surface area contributed by atoms with E-state index in [4.69, 9.17) is 10.5 Å². The molecule has 0 spiro atoms. The number of esters is 1. The van der Waals surface area contributed by atoms with Gasteiger partial charge in [-0.25, -0.2) is 0 Å². The van der Waals surface area contributed by atoms with E-state index in [0.717, 1.165) is 16.8 Å². The van der Waals surface area contributed by atoms with Gasteiger partial charge in [0.15, 0.2) is 0 Å². The van der Waals surface area contributed by atoms with E-state index in [1.165, 1.54) is 7.11 Å². The predicted molar refractivity (Wildman–Crippen MR) is 122 cm³/mol. The van der Waals surface area contributed by atoms with Gasteiger partial charge < -0.3 is 20.4 Å². The predicted octanol–water partition coefficient (Wildman–Crippen LogP) is 3.56. The number of carbonyl (C=O) groups excluding carboxylic acids is 2. The number of methoxy groups -OCH3 is 1. The lowest BCUT2D eigenvalue weighted by atomic mass is 9.92. The van der Waals surface area contributed by atoms with Gasteiger partial charge in [-0.3, -0.25) is 9.59 Å². The lowest BCUT2D eigenvalue weighted by Gasteiger charge is -2.23. The number of nitrogens with one attached hydrogen (secondary N) is 1. The third-order valence-electron chi connectivity index (χ3n) is 5.25. The highest BCUT2D eigenvalue weighted by molar-refractivity contribution is 5.94. The summed E-state index contributed by atoms with van der Waals surface area (Å²) in [4.78, 5) is 25.2. The molecule has 0 radical (unpaired) electrons. The van der Waals surface area contributed by atoms with Crippen LogP contribution in [0, 0.1) is 5.92 Å². The van der Waals surface area contributed by atoms with Gasteiger partial charge >= 0.3 is 5.97 Å². The van der Waals surface area contributed by atoms with E-state index < -0.39 is 12.0 Å². The number of nitrogens with zero attached hydrogens (tertiary/aromatic N) is 1. The van der Waals surface area contributed by atoms with Crippen LogP contribution in [0.2, 0.25) is 0 Å². The number of benzene rings is 2. The molecule has 1 heterocycles. The SMILES string of the molecule is C=C(N)c1cccc(CC(C(=O)OC)C(C)NC(=O)c2ccc(-n3cccc3)cc2)c1. The second kappa shape index (κ2) is 9.80. The van der Waals surface area contributed by atoms with Crippen molar-refractivity contribution in [2.75, 3.05) is 7.11 Å². The minimum absolute atomic E-state index is 0.246. The molecule has 3 rings (SSSR count). The van der Waals surface area contributed by atoms with Gasteiger partial charge in [-0.1, -0.05) is 24.8 Å². The van der Waals surface area contributed by atoms with Crippen molar-refractivity contribution in [1.29, 1.82) is 0 Å². The molecule has 1 amide bonds. The fourth-order valence-corrected chi connectivity index (χ4v) is 3.45. The molecule has 0 aliphatic carbocycles. The summed E-state index contributed by atoms with van der Waals surface area (Å²) in [6.45, 7) is 5.56. The molecule has 2 atom stereocenters. The minimum atomic E-state index is -0.547. The second-order valence-corrected chi connectivity index (χ2v) is 7.46. The number of aromatic nitrogens is 1. The molecule has 0 bridgehead atoms. The van der Waals surface area contributed by atoms with Gasteiger partial charge in [0.1, 0.15) is 0 Å². The van der Waals surface area contributed by atoms with Crippen LogP contribution in [0.5, 0.6) is 0 Å². The van der Waals surface area contributed by atoms with Gasteiger partial charge in [0.25, 0.3) is 5.91 Å². The van der Waals surface area contributed by atoms with Crippen LogP contribution in [0.1, 0.15) is 28.4 Å². The Hall–Kier alpha value is -3.80. The molecule has 0 saturated carbocycles. The number of nitrogens with two attached hydrogens (primary N) is 1. The Labute approximate surface area is 182 Å². The van der Waals surface area contributed by atoms with Crippen molar-refractivity contribution in [2.24, 2.45) is 11.7 Å². The minimum Gasteiger partial charge on any atom is -0.469 e. The van der Waals surface area contributed by atoms with Crippen LogP contribution in [0.25, 0.3) is 11.4 Å². The summed E-state index contributed by atoms with van der Waals surface area (Å²) in [6.07, 6.45) is 4.28. The molecule has 0 aliphatic rings. The molecule has 6 heteroatoms. The number of ether oxygens (including phenoxy) is 1. The first-order valence-electron chi connectivity index (χ1n) is 10.0. The van der Waals surface area contributed by atoms with E-state index in [9.17, 15) is 9.59 Å². The van der Waals surface area contributed by atoms with Crippen LogP contribution >= 0.6 is 0 Å². The molecule has 2 unspecified atom stereocenters. The standard InChI is InChI=1S/C25H27N3O3/c1-17(26)21-8-6-7-19(15-21)16-23(25(30)31-3)18(2)27-24(29)20-9-11-22(12-10-20)28-13-4-5-14-28/h4-15,18,23H,1,16,26H2,2-3H3,(H,27,29). The van der Waals surface area contributed by atoms with Gasteiger partial charge in [-0.2, -0.15) is 0 Å². The maximum Gasteiger partial charge on any atom is 0.311 e. The first-order chi connectivity index (χ1) is 14.9. The Bertz CT molecular complexity index is 1060. The van der Waals surface area contributed by atoms with Crippen molar-refractivity contribution < 1.29 is 14.3 Å². The number of rotatable bonds is 8. The zero-order valence-corrected chi connectivity index (χ0v) is 17.7. The van der Waals surface area contributed by atoms with E-state index in [1.54, 1.807) is 19.1 Å². The van der Waals surface area contributed by atoms with E-state index in [1.807, 2.05) is 65.5 Å². The maximum absolute atomic E-state index is 12.8. The Kier molecular flexibility index (Phi) is 6.92. The van der Waals surface area contributed by atoms with Crippen LogP contribution in [0.3, 0.4) is 0 Å². The average molecular weight is 418 g/mol. The van der Waals surface area contributed by atoms with E-state index in [0.29, 0.717) is 17.7 Å². The molecular formula is C25H27N3O3.